The maximum Gasteiger partial charge on any atom is 0.407 e. The van der Waals surface area contributed by atoms with Gasteiger partial charge in [-0.15, -0.1) is 0 Å². The molecule has 9 nitrogen and oxygen atoms in total. The number of aromatic nitrogens is 4. The van der Waals surface area contributed by atoms with Crippen molar-refractivity contribution in [2.45, 2.75) is 31.3 Å². The van der Waals surface area contributed by atoms with Crippen molar-refractivity contribution >= 4 is 23.7 Å². The molecular formula is C16H21N7O2. The lowest BCUT2D eigenvalue weighted by molar-refractivity contribution is 0.110. The van der Waals surface area contributed by atoms with Crippen LogP contribution in [0.5, 0.6) is 0 Å². The quantitative estimate of drug-likeness (QED) is 0.759. The fraction of sp³-hybridized carbons (Fsp3) is 0.500. The topological polar surface area (TPSA) is 108 Å². The van der Waals surface area contributed by atoms with Gasteiger partial charge in [0.25, 0.3) is 0 Å². The van der Waals surface area contributed by atoms with Crippen LogP contribution in [0.15, 0.2) is 18.3 Å². The Labute approximate surface area is 145 Å². The first kappa shape index (κ1) is 15.7. The van der Waals surface area contributed by atoms with Gasteiger partial charge in [0.15, 0.2) is 5.82 Å². The Bertz CT molecular complexity index is 758. The minimum atomic E-state index is -0.409. The molecule has 25 heavy (non-hydrogen) atoms. The van der Waals surface area contributed by atoms with Gasteiger partial charge in [0, 0.05) is 43.9 Å². The van der Waals surface area contributed by atoms with E-state index in [1.807, 2.05) is 17.0 Å². The molecule has 9 heteroatoms. The van der Waals surface area contributed by atoms with Gasteiger partial charge < -0.3 is 20.3 Å². The number of alkyl carbamates (subject to hydrolysis) is 1. The molecule has 1 amide bonds. The Morgan fingerprint density at radius 2 is 2.24 bits per heavy atom. The van der Waals surface area contributed by atoms with E-state index in [2.05, 4.69) is 30.8 Å². The number of H-pyrrole nitrogens is 1. The summed E-state index contributed by atoms with van der Waals surface area (Å²) >= 11 is 0. The average Bonchev–Trinajstić information content (AvgIpc) is 3.19. The van der Waals surface area contributed by atoms with Crippen LogP contribution in [-0.4, -0.2) is 52.5 Å². The van der Waals surface area contributed by atoms with Crippen molar-refractivity contribution in [1.82, 2.24) is 25.5 Å². The Kier molecular flexibility index (Phi) is 4.12. The van der Waals surface area contributed by atoms with Gasteiger partial charge >= 0.3 is 6.09 Å². The minimum absolute atomic E-state index is 0.146. The summed E-state index contributed by atoms with van der Waals surface area (Å²) in [6.45, 7) is 1.34. The fourth-order valence-corrected chi connectivity index (χ4v) is 2.92. The van der Waals surface area contributed by atoms with Crippen molar-refractivity contribution in [1.29, 1.82) is 0 Å². The Balaban J connectivity index is 1.40. The first-order chi connectivity index (χ1) is 12.2. The van der Waals surface area contributed by atoms with Crippen LogP contribution in [0.25, 0.3) is 0 Å². The third-order valence-electron chi connectivity index (χ3n) is 4.42. The summed E-state index contributed by atoms with van der Waals surface area (Å²) in [5.74, 6) is 2.69. The number of amides is 1. The van der Waals surface area contributed by atoms with E-state index in [0.717, 1.165) is 18.8 Å². The van der Waals surface area contributed by atoms with Gasteiger partial charge in [-0.2, -0.15) is 10.1 Å². The molecule has 1 aliphatic carbocycles. The predicted molar refractivity (Wildman–Crippen MR) is 92.0 cm³/mol. The summed E-state index contributed by atoms with van der Waals surface area (Å²) < 4.78 is 5.29. The fourth-order valence-electron chi connectivity index (χ4n) is 2.92. The van der Waals surface area contributed by atoms with Gasteiger partial charge in [0.05, 0.1) is 6.54 Å². The minimum Gasteiger partial charge on any atom is -0.444 e. The molecule has 3 N–H and O–H groups in total. The molecule has 2 aromatic heterocycles. The number of carbonyl (C=O) groups is 1. The predicted octanol–water partition coefficient (Wildman–Crippen LogP) is 1.76. The molecule has 1 saturated heterocycles. The van der Waals surface area contributed by atoms with Gasteiger partial charge in [-0.05, 0) is 18.9 Å². The molecule has 2 fully saturated rings. The van der Waals surface area contributed by atoms with E-state index in [0.29, 0.717) is 24.2 Å². The van der Waals surface area contributed by atoms with Crippen LogP contribution in [0.1, 0.15) is 30.9 Å². The van der Waals surface area contributed by atoms with E-state index in [4.69, 9.17) is 4.74 Å². The van der Waals surface area contributed by atoms with E-state index < -0.39 is 6.09 Å². The number of rotatable bonds is 5. The van der Waals surface area contributed by atoms with Gasteiger partial charge in [-0.1, -0.05) is 0 Å². The lowest BCUT2D eigenvalue weighted by Crippen LogP contribution is -2.29. The Hall–Kier alpha value is -2.84. The Morgan fingerprint density at radius 3 is 3.04 bits per heavy atom. The number of hydrogen-bond donors (Lipinski definition) is 3. The number of nitrogens with zero attached hydrogens (tertiary/aromatic N) is 4. The molecule has 3 heterocycles. The average molecular weight is 343 g/mol. The lowest BCUT2D eigenvalue weighted by Gasteiger charge is -2.16. The Morgan fingerprint density at radius 1 is 1.36 bits per heavy atom. The zero-order chi connectivity index (χ0) is 17.2. The zero-order valence-corrected chi connectivity index (χ0v) is 14.0. The van der Waals surface area contributed by atoms with E-state index in [1.165, 1.54) is 18.5 Å². The summed E-state index contributed by atoms with van der Waals surface area (Å²) in [5.41, 5.74) is 1.17. The van der Waals surface area contributed by atoms with Crippen molar-refractivity contribution in [3.8, 4) is 0 Å². The molecule has 0 radical (unpaired) electrons. The summed E-state index contributed by atoms with van der Waals surface area (Å²) in [7, 11) is 1.55. The third kappa shape index (κ3) is 3.65. The normalized spacial score (nSPS) is 19.7. The summed E-state index contributed by atoms with van der Waals surface area (Å²) in [5, 5.41) is 13.0. The van der Waals surface area contributed by atoms with E-state index in [1.54, 1.807) is 13.2 Å². The van der Waals surface area contributed by atoms with Crippen LogP contribution < -0.4 is 15.5 Å². The smallest absolute Gasteiger partial charge is 0.407 e. The summed E-state index contributed by atoms with van der Waals surface area (Å²) in [4.78, 5) is 22.2. The monoisotopic (exact) mass is 343 g/mol. The van der Waals surface area contributed by atoms with Gasteiger partial charge in [-0.3, -0.25) is 5.10 Å². The second kappa shape index (κ2) is 6.58. The van der Waals surface area contributed by atoms with Crippen molar-refractivity contribution in [2.75, 3.05) is 30.4 Å². The molecule has 1 unspecified atom stereocenters. The third-order valence-corrected chi connectivity index (χ3v) is 4.42. The van der Waals surface area contributed by atoms with Crippen LogP contribution in [0.2, 0.25) is 0 Å². The molecule has 2 aromatic rings. The van der Waals surface area contributed by atoms with Crippen molar-refractivity contribution in [3.05, 3.63) is 24.0 Å². The van der Waals surface area contributed by atoms with Crippen LogP contribution in [0.3, 0.4) is 0 Å². The highest BCUT2D eigenvalue weighted by atomic mass is 16.6. The largest absolute Gasteiger partial charge is 0.444 e. The zero-order valence-electron chi connectivity index (χ0n) is 14.0. The first-order valence-corrected chi connectivity index (χ1v) is 8.50. The highest BCUT2D eigenvalue weighted by Gasteiger charge is 2.27. The lowest BCUT2D eigenvalue weighted by atomic mass is 10.3. The van der Waals surface area contributed by atoms with Crippen LogP contribution in [-0.2, 0) is 4.74 Å². The van der Waals surface area contributed by atoms with Crippen molar-refractivity contribution < 1.29 is 9.53 Å². The summed E-state index contributed by atoms with van der Waals surface area (Å²) in [6.07, 6.45) is 4.38. The standard InChI is InChI=1S/C16H21N7O2/c1-17-16(24)25-11-5-7-23(9-11)15-18-6-4-13(20-15)19-14-8-12(21-22-14)10-2-3-10/h4,6,8,10-11H,2-3,5,7,9H2,1H3,(H,17,24)(H2,18,19,20,21,22). The van der Waals surface area contributed by atoms with Crippen molar-refractivity contribution in [3.63, 3.8) is 0 Å². The second-order valence-corrected chi connectivity index (χ2v) is 6.36. The number of ether oxygens (including phenoxy) is 1. The molecule has 2 aliphatic rings. The maximum absolute atomic E-state index is 11.3. The van der Waals surface area contributed by atoms with E-state index >= 15 is 0 Å². The molecule has 0 bridgehead atoms. The van der Waals surface area contributed by atoms with Gasteiger partial charge in [0.2, 0.25) is 5.95 Å². The van der Waals surface area contributed by atoms with E-state index in [-0.39, 0.29) is 6.10 Å². The summed E-state index contributed by atoms with van der Waals surface area (Å²) in [6, 6.07) is 3.84. The second-order valence-electron chi connectivity index (χ2n) is 6.36. The molecule has 0 spiro atoms. The number of anilines is 3. The molecular weight excluding hydrogens is 322 g/mol. The highest BCUT2D eigenvalue weighted by molar-refractivity contribution is 5.67. The maximum atomic E-state index is 11.3. The molecule has 0 aromatic carbocycles. The van der Waals surface area contributed by atoms with Crippen LogP contribution in [0, 0.1) is 0 Å². The van der Waals surface area contributed by atoms with Crippen molar-refractivity contribution in [2.24, 2.45) is 0 Å². The van der Waals surface area contributed by atoms with Gasteiger partial charge in [-0.25, -0.2) is 9.78 Å². The molecule has 1 aliphatic heterocycles. The number of aromatic amines is 1. The van der Waals surface area contributed by atoms with Crippen LogP contribution in [0.4, 0.5) is 22.4 Å². The highest BCUT2D eigenvalue weighted by Crippen LogP contribution is 2.39. The van der Waals surface area contributed by atoms with Gasteiger partial charge in [0.1, 0.15) is 11.9 Å². The number of carbonyl (C=O) groups excluding carboxylic acids is 1. The number of nitrogens with one attached hydrogen (secondary N) is 3. The SMILES string of the molecule is CNC(=O)OC1CCN(c2nccc(Nc3cc(C4CC4)[nH]n3)n2)C1. The molecule has 1 saturated carbocycles. The molecule has 1 atom stereocenters. The molecule has 4 rings (SSSR count). The van der Waals surface area contributed by atoms with Crippen LogP contribution >= 0.6 is 0 Å². The number of hydrogen-bond acceptors (Lipinski definition) is 7. The molecule has 132 valence electrons. The van der Waals surface area contributed by atoms with E-state index in [9.17, 15) is 4.79 Å². The first-order valence-electron chi connectivity index (χ1n) is 8.50.